The highest BCUT2D eigenvalue weighted by molar-refractivity contribution is 5.72. The summed E-state index contributed by atoms with van der Waals surface area (Å²) >= 11 is 0. The van der Waals surface area contributed by atoms with E-state index < -0.39 is 23.6 Å². The summed E-state index contributed by atoms with van der Waals surface area (Å²) < 4.78 is 0. The number of aliphatic hydroxyl groups is 2. The van der Waals surface area contributed by atoms with Crippen LogP contribution in [0.2, 0.25) is 0 Å². The molecule has 82 valence electrons. The lowest BCUT2D eigenvalue weighted by molar-refractivity contribution is -0.171. The molecule has 0 saturated carbocycles. The van der Waals surface area contributed by atoms with Crippen molar-refractivity contribution < 1.29 is 30.0 Å². The fourth-order valence-corrected chi connectivity index (χ4v) is 1.08. The van der Waals surface area contributed by atoms with Crippen LogP contribution < -0.4 is 0 Å². The van der Waals surface area contributed by atoms with Crippen LogP contribution >= 0.6 is 0 Å². The maximum Gasteiger partial charge on any atom is 0.306 e. The van der Waals surface area contributed by atoms with Crippen LogP contribution in [-0.2, 0) is 9.59 Å². The van der Waals surface area contributed by atoms with Crippen molar-refractivity contribution in [1.82, 2.24) is 0 Å². The number of hydrogen-bond acceptors (Lipinski definition) is 4. The SMILES string of the molecule is CC(O)(O)CC(CCC(=O)O)C(=O)O. The minimum absolute atomic E-state index is 0.110. The smallest absolute Gasteiger partial charge is 0.306 e. The van der Waals surface area contributed by atoms with Crippen LogP contribution in [0.3, 0.4) is 0 Å². The Bertz CT molecular complexity index is 216. The molecule has 4 N–H and O–H groups in total. The average molecular weight is 206 g/mol. The molecular weight excluding hydrogens is 192 g/mol. The average Bonchev–Trinajstić information content (AvgIpc) is 1.94. The maximum absolute atomic E-state index is 10.6. The van der Waals surface area contributed by atoms with Gasteiger partial charge in [0.2, 0.25) is 0 Å². The number of rotatable bonds is 6. The number of carbonyl (C=O) groups is 2. The van der Waals surface area contributed by atoms with E-state index in [4.69, 9.17) is 20.4 Å². The molecule has 0 aliphatic carbocycles. The van der Waals surface area contributed by atoms with E-state index in [0.717, 1.165) is 6.92 Å². The summed E-state index contributed by atoms with van der Waals surface area (Å²) in [5.74, 6) is -5.46. The van der Waals surface area contributed by atoms with E-state index in [1.807, 2.05) is 0 Å². The standard InChI is InChI=1S/C8H14O6/c1-8(13,14)4-5(7(11)12)2-3-6(9)10/h5,13-14H,2-4H2,1H3,(H,9,10)(H,11,12). The molecule has 0 heterocycles. The largest absolute Gasteiger partial charge is 0.481 e. The van der Waals surface area contributed by atoms with E-state index in [2.05, 4.69) is 0 Å². The molecule has 1 atom stereocenters. The quantitative estimate of drug-likeness (QED) is 0.441. The summed E-state index contributed by atoms with van der Waals surface area (Å²) in [4.78, 5) is 20.7. The Kier molecular flexibility index (Phi) is 4.52. The second-order valence-corrected chi connectivity index (χ2v) is 3.39. The third kappa shape index (κ3) is 6.38. The van der Waals surface area contributed by atoms with Crippen molar-refractivity contribution in [2.24, 2.45) is 5.92 Å². The molecule has 0 spiro atoms. The summed E-state index contributed by atoms with van der Waals surface area (Å²) in [5, 5.41) is 34.9. The van der Waals surface area contributed by atoms with E-state index in [0.29, 0.717) is 0 Å². The first-order chi connectivity index (χ1) is 6.22. The summed E-state index contributed by atoms with van der Waals surface area (Å²) in [6.45, 7) is 1.06. The summed E-state index contributed by atoms with van der Waals surface area (Å²) in [6.07, 6.45) is -0.788. The molecule has 0 radical (unpaired) electrons. The molecule has 0 aromatic rings. The van der Waals surface area contributed by atoms with Crippen molar-refractivity contribution in [3.63, 3.8) is 0 Å². The van der Waals surface area contributed by atoms with Crippen LogP contribution in [0.1, 0.15) is 26.2 Å². The first kappa shape index (κ1) is 12.9. The maximum atomic E-state index is 10.6. The van der Waals surface area contributed by atoms with Crippen LogP contribution in [-0.4, -0.2) is 38.2 Å². The first-order valence-corrected chi connectivity index (χ1v) is 4.11. The van der Waals surface area contributed by atoms with Crippen molar-refractivity contribution in [2.45, 2.75) is 32.0 Å². The van der Waals surface area contributed by atoms with Crippen molar-refractivity contribution in [1.29, 1.82) is 0 Å². The van der Waals surface area contributed by atoms with Gasteiger partial charge in [0.1, 0.15) is 0 Å². The van der Waals surface area contributed by atoms with E-state index in [1.165, 1.54) is 0 Å². The Morgan fingerprint density at radius 2 is 1.79 bits per heavy atom. The Labute approximate surface area is 80.8 Å². The third-order valence-electron chi connectivity index (χ3n) is 1.69. The Morgan fingerprint density at radius 3 is 2.07 bits per heavy atom. The van der Waals surface area contributed by atoms with Gasteiger partial charge < -0.3 is 20.4 Å². The molecule has 0 amide bonds. The Hall–Kier alpha value is -1.14. The van der Waals surface area contributed by atoms with Gasteiger partial charge in [0.25, 0.3) is 0 Å². The predicted octanol–water partition coefficient (Wildman–Crippen LogP) is -0.357. The predicted molar refractivity (Wildman–Crippen MR) is 45.5 cm³/mol. The first-order valence-electron chi connectivity index (χ1n) is 4.11. The lowest BCUT2D eigenvalue weighted by Gasteiger charge is -2.20. The minimum Gasteiger partial charge on any atom is -0.481 e. The minimum atomic E-state index is -2.08. The molecule has 6 heteroatoms. The summed E-state index contributed by atoms with van der Waals surface area (Å²) in [5.41, 5.74) is 0. The van der Waals surface area contributed by atoms with Crippen molar-refractivity contribution in [3.05, 3.63) is 0 Å². The van der Waals surface area contributed by atoms with Gasteiger partial charge >= 0.3 is 11.9 Å². The molecule has 0 aliphatic heterocycles. The van der Waals surface area contributed by atoms with Crippen molar-refractivity contribution >= 4 is 11.9 Å². The fraction of sp³-hybridized carbons (Fsp3) is 0.750. The zero-order valence-electron chi connectivity index (χ0n) is 7.80. The molecule has 0 aromatic carbocycles. The van der Waals surface area contributed by atoms with Crippen LogP contribution in [0, 0.1) is 5.92 Å². The van der Waals surface area contributed by atoms with Crippen LogP contribution in [0.4, 0.5) is 0 Å². The third-order valence-corrected chi connectivity index (χ3v) is 1.69. The van der Waals surface area contributed by atoms with E-state index >= 15 is 0 Å². The van der Waals surface area contributed by atoms with Gasteiger partial charge in [-0.05, 0) is 13.3 Å². The fourth-order valence-electron chi connectivity index (χ4n) is 1.08. The lowest BCUT2D eigenvalue weighted by atomic mass is 9.95. The van der Waals surface area contributed by atoms with Gasteiger partial charge in [-0.3, -0.25) is 9.59 Å². The molecule has 0 saturated heterocycles. The van der Waals surface area contributed by atoms with Gasteiger partial charge in [-0.2, -0.15) is 0 Å². The highest BCUT2D eigenvalue weighted by Gasteiger charge is 2.27. The molecule has 1 unspecified atom stereocenters. The van der Waals surface area contributed by atoms with Gasteiger partial charge in [0, 0.05) is 12.8 Å². The van der Waals surface area contributed by atoms with Crippen molar-refractivity contribution in [3.8, 4) is 0 Å². The van der Waals surface area contributed by atoms with Crippen LogP contribution in [0.25, 0.3) is 0 Å². The van der Waals surface area contributed by atoms with Gasteiger partial charge in [0.05, 0.1) is 5.92 Å². The molecule has 0 fully saturated rings. The van der Waals surface area contributed by atoms with Gasteiger partial charge in [-0.15, -0.1) is 0 Å². The molecule has 14 heavy (non-hydrogen) atoms. The van der Waals surface area contributed by atoms with Crippen LogP contribution in [0.5, 0.6) is 0 Å². The molecule has 0 aromatic heterocycles. The van der Waals surface area contributed by atoms with Gasteiger partial charge in [-0.25, -0.2) is 0 Å². The highest BCUT2D eigenvalue weighted by Crippen LogP contribution is 2.19. The molecule has 0 aliphatic rings. The number of hydrogen-bond donors (Lipinski definition) is 4. The van der Waals surface area contributed by atoms with Crippen molar-refractivity contribution in [2.75, 3.05) is 0 Å². The summed E-state index contributed by atoms with van der Waals surface area (Å²) in [7, 11) is 0. The highest BCUT2D eigenvalue weighted by atomic mass is 16.5. The number of aliphatic carboxylic acids is 2. The second-order valence-electron chi connectivity index (χ2n) is 3.39. The van der Waals surface area contributed by atoms with E-state index in [9.17, 15) is 9.59 Å². The van der Waals surface area contributed by atoms with Crippen LogP contribution in [0.15, 0.2) is 0 Å². The number of carboxylic acid groups (broad SMARTS) is 2. The van der Waals surface area contributed by atoms with Gasteiger partial charge in [-0.1, -0.05) is 0 Å². The molecule has 0 rings (SSSR count). The normalized spacial score (nSPS) is 13.6. The topological polar surface area (TPSA) is 115 Å². The summed E-state index contributed by atoms with van der Waals surface area (Å²) in [6, 6.07) is 0. The van der Waals surface area contributed by atoms with E-state index in [-0.39, 0.29) is 19.3 Å². The van der Waals surface area contributed by atoms with Gasteiger partial charge in [0.15, 0.2) is 5.79 Å². The zero-order valence-corrected chi connectivity index (χ0v) is 7.80. The molecule has 6 nitrogen and oxygen atoms in total. The monoisotopic (exact) mass is 206 g/mol. The van der Waals surface area contributed by atoms with E-state index in [1.54, 1.807) is 0 Å². The molecule has 0 bridgehead atoms. The molecular formula is C8H14O6. The second kappa shape index (κ2) is 4.92. The lowest BCUT2D eigenvalue weighted by Crippen LogP contribution is -2.30. The Morgan fingerprint density at radius 1 is 1.29 bits per heavy atom. The number of carboxylic acids is 2. The zero-order chi connectivity index (χ0) is 11.4. The Balaban J connectivity index is 4.17.